The summed E-state index contributed by atoms with van der Waals surface area (Å²) in [6, 6.07) is 0.611. The minimum absolute atomic E-state index is 0.611. The maximum atomic E-state index is 4.64. The average molecular weight is 313 g/mol. The topological polar surface area (TPSA) is 41.1 Å². The molecule has 0 aromatic carbocycles. The molecule has 1 saturated heterocycles. The summed E-state index contributed by atoms with van der Waals surface area (Å²) < 4.78 is 0.990. The molecule has 0 spiro atoms. The van der Waals surface area contributed by atoms with Gasteiger partial charge in [-0.05, 0) is 48.5 Å². The van der Waals surface area contributed by atoms with Crippen molar-refractivity contribution in [3.63, 3.8) is 0 Å². The molecular formula is C13H21BrN4. The minimum atomic E-state index is 0.611. The Labute approximate surface area is 117 Å². The van der Waals surface area contributed by atoms with Crippen LogP contribution in [0.4, 0.5) is 11.8 Å². The molecule has 0 aliphatic carbocycles. The number of aromatic nitrogens is 2. The van der Waals surface area contributed by atoms with Gasteiger partial charge in [0.1, 0.15) is 5.82 Å². The summed E-state index contributed by atoms with van der Waals surface area (Å²) >= 11 is 3.58. The summed E-state index contributed by atoms with van der Waals surface area (Å²) in [6.45, 7) is 6.25. The molecular weight excluding hydrogens is 292 g/mol. The SMILES string of the molecule is CCNc1ncc(Br)c(N2CCCCC2CC)n1. The van der Waals surface area contributed by atoms with Gasteiger partial charge in [0, 0.05) is 25.3 Å². The molecule has 0 radical (unpaired) electrons. The van der Waals surface area contributed by atoms with Crippen molar-refractivity contribution in [3.05, 3.63) is 10.7 Å². The highest BCUT2D eigenvalue weighted by molar-refractivity contribution is 9.10. The third kappa shape index (κ3) is 2.94. The monoisotopic (exact) mass is 312 g/mol. The molecule has 5 heteroatoms. The van der Waals surface area contributed by atoms with Gasteiger partial charge in [0.25, 0.3) is 0 Å². The second-order valence-corrected chi connectivity index (χ2v) is 5.50. The van der Waals surface area contributed by atoms with Crippen LogP contribution >= 0.6 is 15.9 Å². The lowest BCUT2D eigenvalue weighted by Crippen LogP contribution is -2.40. The van der Waals surface area contributed by atoms with Crippen molar-refractivity contribution < 1.29 is 0 Å². The Morgan fingerprint density at radius 1 is 1.44 bits per heavy atom. The van der Waals surface area contributed by atoms with E-state index in [1.807, 2.05) is 6.20 Å². The van der Waals surface area contributed by atoms with E-state index in [9.17, 15) is 0 Å². The Hall–Kier alpha value is -0.840. The third-order valence-corrected chi connectivity index (χ3v) is 3.99. The van der Waals surface area contributed by atoms with Gasteiger partial charge in [-0.1, -0.05) is 6.92 Å². The fraction of sp³-hybridized carbons (Fsp3) is 0.692. The number of halogens is 1. The first-order valence-corrected chi connectivity index (χ1v) is 7.58. The number of anilines is 2. The fourth-order valence-corrected chi connectivity index (χ4v) is 2.93. The smallest absolute Gasteiger partial charge is 0.224 e. The van der Waals surface area contributed by atoms with Crippen molar-refractivity contribution in [1.29, 1.82) is 0 Å². The number of hydrogen-bond acceptors (Lipinski definition) is 4. The number of rotatable bonds is 4. The van der Waals surface area contributed by atoms with Crippen LogP contribution in [-0.2, 0) is 0 Å². The van der Waals surface area contributed by atoms with Gasteiger partial charge in [-0.2, -0.15) is 4.98 Å². The van der Waals surface area contributed by atoms with Gasteiger partial charge in [0.2, 0.25) is 5.95 Å². The van der Waals surface area contributed by atoms with E-state index in [1.165, 1.54) is 25.7 Å². The highest BCUT2D eigenvalue weighted by Crippen LogP contribution is 2.30. The molecule has 100 valence electrons. The predicted octanol–water partition coefficient (Wildman–Crippen LogP) is 3.44. The summed E-state index contributed by atoms with van der Waals surface area (Å²) in [5.74, 6) is 1.75. The Morgan fingerprint density at radius 2 is 2.28 bits per heavy atom. The van der Waals surface area contributed by atoms with E-state index in [0.29, 0.717) is 6.04 Å². The van der Waals surface area contributed by atoms with Crippen molar-refractivity contribution >= 4 is 27.7 Å². The van der Waals surface area contributed by atoms with Crippen LogP contribution in [0.3, 0.4) is 0 Å². The summed E-state index contributed by atoms with van der Waals surface area (Å²) in [7, 11) is 0. The van der Waals surface area contributed by atoms with Gasteiger partial charge in [-0.15, -0.1) is 0 Å². The van der Waals surface area contributed by atoms with E-state index < -0.39 is 0 Å². The second-order valence-electron chi connectivity index (χ2n) is 4.65. The zero-order chi connectivity index (χ0) is 13.0. The Kier molecular flexibility index (Phi) is 4.80. The first-order chi connectivity index (χ1) is 8.76. The van der Waals surface area contributed by atoms with Crippen LogP contribution in [-0.4, -0.2) is 29.1 Å². The zero-order valence-electron chi connectivity index (χ0n) is 11.1. The molecule has 1 aromatic rings. The molecule has 4 nitrogen and oxygen atoms in total. The molecule has 1 atom stereocenters. The van der Waals surface area contributed by atoms with Crippen LogP contribution in [0.2, 0.25) is 0 Å². The molecule has 2 rings (SSSR count). The fourth-order valence-electron chi connectivity index (χ4n) is 2.51. The van der Waals surface area contributed by atoms with E-state index in [-0.39, 0.29) is 0 Å². The summed E-state index contributed by atoms with van der Waals surface area (Å²) in [5, 5.41) is 3.18. The van der Waals surface area contributed by atoms with E-state index in [4.69, 9.17) is 0 Å². The number of piperidine rings is 1. The van der Waals surface area contributed by atoms with Gasteiger partial charge in [-0.25, -0.2) is 4.98 Å². The summed E-state index contributed by atoms with van der Waals surface area (Å²) in [5.41, 5.74) is 0. The lowest BCUT2D eigenvalue weighted by molar-refractivity contribution is 0.446. The van der Waals surface area contributed by atoms with E-state index in [0.717, 1.165) is 29.3 Å². The average Bonchev–Trinajstić information content (AvgIpc) is 2.41. The van der Waals surface area contributed by atoms with Gasteiger partial charge < -0.3 is 10.2 Å². The van der Waals surface area contributed by atoms with Crippen molar-refractivity contribution in [2.45, 2.75) is 45.6 Å². The molecule has 1 aromatic heterocycles. The number of nitrogens with zero attached hydrogens (tertiary/aromatic N) is 3. The highest BCUT2D eigenvalue weighted by Gasteiger charge is 2.24. The molecule has 1 aliphatic heterocycles. The second kappa shape index (κ2) is 6.36. The highest BCUT2D eigenvalue weighted by atomic mass is 79.9. The number of hydrogen-bond donors (Lipinski definition) is 1. The van der Waals surface area contributed by atoms with Crippen LogP contribution in [0.1, 0.15) is 39.5 Å². The zero-order valence-corrected chi connectivity index (χ0v) is 12.7. The normalized spacial score (nSPS) is 19.9. The van der Waals surface area contributed by atoms with Crippen molar-refractivity contribution in [2.24, 2.45) is 0 Å². The molecule has 18 heavy (non-hydrogen) atoms. The number of nitrogens with one attached hydrogen (secondary N) is 1. The standard InChI is InChI=1S/C13H21BrN4/c1-3-10-7-5-6-8-18(10)12-11(14)9-16-13(17-12)15-4-2/h9-10H,3-8H2,1-2H3,(H,15,16,17). The maximum Gasteiger partial charge on any atom is 0.224 e. The molecule has 0 amide bonds. The van der Waals surface area contributed by atoms with Gasteiger partial charge in [-0.3, -0.25) is 0 Å². The molecule has 2 heterocycles. The van der Waals surface area contributed by atoms with Crippen LogP contribution < -0.4 is 10.2 Å². The van der Waals surface area contributed by atoms with E-state index in [1.54, 1.807) is 0 Å². The van der Waals surface area contributed by atoms with Gasteiger partial charge in [0.15, 0.2) is 0 Å². The lowest BCUT2D eigenvalue weighted by atomic mass is 10.0. The largest absolute Gasteiger partial charge is 0.354 e. The van der Waals surface area contributed by atoms with Crippen molar-refractivity contribution in [2.75, 3.05) is 23.3 Å². The lowest BCUT2D eigenvalue weighted by Gasteiger charge is -2.36. The summed E-state index contributed by atoms with van der Waals surface area (Å²) in [4.78, 5) is 11.3. The van der Waals surface area contributed by atoms with Crippen LogP contribution in [0, 0.1) is 0 Å². The Balaban J connectivity index is 2.26. The molecule has 1 aliphatic rings. The first-order valence-electron chi connectivity index (χ1n) is 6.79. The third-order valence-electron chi connectivity index (χ3n) is 3.43. The molecule has 1 fully saturated rings. The molecule has 0 saturated carbocycles. The van der Waals surface area contributed by atoms with E-state index in [2.05, 4.69) is 50.0 Å². The molecule has 0 bridgehead atoms. The minimum Gasteiger partial charge on any atom is -0.354 e. The quantitative estimate of drug-likeness (QED) is 0.924. The Bertz CT molecular complexity index is 397. The summed E-state index contributed by atoms with van der Waals surface area (Å²) in [6.07, 6.45) is 6.87. The van der Waals surface area contributed by atoms with Crippen molar-refractivity contribution in [3.8, 4) is 0 Å². The van der Waals surface area contributed by atoms with E-state index >= 15 is 0 Å². The van der Waals surface area contributed by atoms with Crippen LogP contribution in [0.25, 0.3) is 0 Å². The van der Waals surface area contributed by atoms with Crippen LogP contribution in [0.5, 0.6) is 0 Å². The predicted molar refractivity (Wildman–Crippen MR) is 79.2 cm³/mol. The molecule has 1 N–H and O–H groups in total. The van der Waals surface area contributed by atoms with Crippen molar-refractivity contribution in [1.82, 2.24) is 9.97 Å². The molecule has 1 unspecified atom stereocenters. The maximum absolute atomic E-state index is 4.64. The Morgan fingerprint density at radius 3 is 3.00 bits per heavy atom. The van der Waals surface area contributed by atoms with Crippen LogP contribution in [0.15, 0.2) is 10.7 Å². The van der Waals surface area contributed by atoms with Gasteiger partial charge >= 0.3 is 0 Å². The van der Waals surface area contributed by atoms with Gasteiger partial charge in [0.05, 0.1) is 4.47 Å². The first kappa shape index (κ1) is 13.6.